The van der Waals surface area contributed by atoms with Crippen LogP contribution in [0.4, 0.5) is 8.78 Å². The number of hydrogen-bond acceptors (Lipinski definition) is 3. The molecule has 2 fully saturated rings. The van der Waals surface area contributed by atoms with E-state index < -0.39 is 18.0 Å². The number of benzene rings is 1. The maximum atomic E-state index is 14.1. The molecule has 0 amide bonds. The van der Waals surface area contributed by atoms with Crippen molar-refractivity contribution in [1.82, 2.24) is 5.48 Å². The summed E-state index contributed by atoms with van der Waals surface area (Å²) in [5, 5.41) is 0. The molecule has 108 valence electrons. The summed E-state index contributed by atoms with van der Waals surface area (Å²) in [5.41, 5.74) is 1.83. The van der Waals surface area contributed by atoms with Crippen LogP contribution in [-0.2, 0) is 15.1 Å². The van der Waals surface area contributed by atoms with Gasteiger partial charge in [0, 0.05) is 11.5 Å². The smallest absolute Gasteiger partial charge is 0.128 e. The molecule has 3 nitrogen and oxygen atoms in total. The largest absolute Gasteiger partial charge is 0.375 e. The van der Waals surface area contributed by atoms with Crippen molar-refractivity contribution in [2.24, 2.45) is 5.92 Å². The number of halogens is 2. The zero-order valence-electron chi connectivity index (χ0n) is 11.0. The van der Waals surface area contributed by atoms with Gasteiger partial charge in [0.15, 0.2) is 0 Å². The maximum Gasteiger partial charge on any atom is 0.128 e. The number of ether oxygens (including phenoxy) is 1. The molecule has 1 N–H and O–H groups in total. The molecule has 4 atom stereocenters. The van der Waals surface area contributed by atoms with Gasteiger partial charge in [0.2, 0.25) is 0 Å². The molecule has 0 saturated carbocycles. The van der Waals surface area contributed by atoms with Crippen molar-refractivity contribution >= 4 is 0 Å². The normalized spacial score (nSPS) is 36.0. The molecule has 2 saturated heterocycles. The van der Waals surface area contributed by atoms with E-state index in [0.717, 1.165) is 0 Å². The Balaban J connectivity index is 2.04. The number of hydrogen-bond donors (Lipinski definition) is 1. The molecule has 0 radical (unpaired) electrons. The van der Waals surface area contributed by atoms with E-state index in [0.29, 0.717) is 13.0 Å². The fraction of sp³-hybridized carbons (Fsp3) is 0.467. The van der Waals surface area contributed by atoms with Crippen molar-refractivity contribution < 1.29 is 18.4 Å². The van der Waals surface area contributed by atoms with Crippen LogP contribution in [0.25, 0.3) is 0 Å². The first-order chi connectivity index (χ1) is 9.73. The second kappa shape index (κ2) is 5.24. The van der Waals surface area contributed by atoms with Crippen LogP contribution in [0, 0.1) is 11.7 Å². The minimum absolute atomic E-state index is 0.220. The Hall–Kier alpha value is -1.30. The Morgan fingerprint density at radius 3 is 2.95 bits per heavy atom. The van der Waals surface area contributed by atoms with E-state index in [1.165, 1.54) is 6.07 Å². The Morgan fingerprint density at radius 1 is 1.45 bits per heavy atom. The summed E-state index contributed by atoms with van der Waals surface area (Å²) in [4.78, 5) is 5.45. The van der Waals surface area contributed by atoms with E-state index in [2.05, 4.69) is 12.1 Å². The van der Waals surface area contributed by atoms with Crippen LogP contribution in [0.3, 0.4) is 0 Å². The molecule has 1 aromatic carbocycles. The minimum Gasteiger partial charge on any atom is -0.375 e. The predicted octanol–water partition coefficient (Wildman–Crippen LogP) is 2.49. The van der Waals surface area contributed by atoms with Gasteiger partial charge in [-0.3, -0.25) is 4.84 Å². The Bertz CT molecular complexity index is 510. The summed E-state index contributed by atoms with van der Waals surface area (Å²) in [6.45, 7) is 3.32. The van der Waals surface area contributed by atoms with Gasteiger partial charge in [0.25, 0.3) is 0 Å². The lowest BCUT2D eigenvalue weighted by Gasteiger charge is -2.33. The monoisotopic (exact) mass is 281 g/mol. The lowest BCUT2D eigenvalue weighted by molar-refractivity contribution is -0.0334. The van der Waals surface area contributed by atoms with Crippen LogP contribution >= 0.6 is 0 Å². The number of nitrogens with one attached hydrogen (secondary N) is 1. The van der Waals surface area contributed by atoms with Gasteiger partial charge >= 0.3 is 0 Å². The molecule has 0 unspecified atom stereocenters. The number of alkyl halides is 1. The summed E-state index contributed by atoms with van der Waals surface area (Å²) in [6, 6.07) is 6.21. The van der Waals surface area contributed by atoms with Crippen molar-refractivity contribution in [3.8, 4) is 0 Å². The molecule has 2 aliphatic heterocycles. The lowest BCUT2D eigenvalue weighted by Crippen LogP contribution is -2.48. The molecule has 0 bridgehead atoms. The first-order valence-electron chi connectivity index (χ1n) is 6.69. The van der Waals surface area contributed by atoms with Crippen LogP contribution in [0.5, 0.6) is 0 Å². The van der Waals surface area contributed by atoms with Crippen molar-refractivity contribution in [3.63, 3.8) is 0 Å². The van der Waals surface area contributed by atoms with Gasteiger partial charge in [0.05, 0.1) is 12.7 Å². The highest BCUT2D eigenvalue weighted by molar-refractivity contribution is 5.30. The molecular weight excluding hydrogens is 264 g/mol. The summed E-state index contributed by atoms with van der Waals surface area (Å²) in [7, 11) is 0. The fourth-order valence-electron chi connectivity index (χ4n) is 3.28. The van der Waals surface area contributed by atoms with Gasteiger partial charge in [-0.05, 0) is 12.5 Å². The lowest BCUT2D eigenvalue weighted by atomic mass is 9.75. The first-order valence-corrected chi connectivity index (χ1v) is 6.69. The highest BCUT2D eigenvalue weighted by atomic mass is 19.1. The summed E-state index contributed by atoms with van der Waals surface area (Å²) in [5.74, 6) is -0.714. The fourth-order valence-corrected chi connectivity index (χ4v) is 3.28. The second-order valence-electron chi connectivity index (χ2n) is 5.27. The number of fused-ring (bicyclic) bond motifs is 1. The quantitative estimate of drug-likeness (QED) is 0.860. The van der Waals surface area contributed by atoms with E-state index in [1.807, 2.05) is 0 Å². The number of rotatable bonds is 4. The molecule has 0 spiro atoms. The maximum absolute atomic E-state index is 14.1. The zero-order valence-corrected chi connectivity index (χ0v) is 11.0. The van der Waals surface area contributed by atoms with Crippen molar-refractivity contribution in [1.29, 1.82) is 0 Å². The van der Waals surface area contributed by atoms with E-state index in [9.17, 15) is 8.78 Å². The predicted molar refractivity (Wildman–Crippen MR) is 70.1 cm³/mol. The van der Waals surface area contributed by atoms with Crippen LogP contribution < -0.4 is 5.48 Å². The molecule has 0 aromatic heterocycles. The third-order valence-electron chi connectivity index (χ3n) is 4.20. The van der Waals surface area contributed by atoms with E-state index >= 15 is 0 Å². The number of hydroxylamine groups is 1. The summed E-state index contributed by atoms with van der Waals surface area (Å²) in [6.07, 6.45) is 1.83. The van der Waals surface area contributed by atoms with Gasteiger partial charge in [0.1, 0.15) is 24.1 Å². The Kier molecular flexibility index (Phi) is 3.58. The molecule has 2 aliphatic rings. The molecule has 1 aromatic rings. The topological polar surface area (TPSA) is 30.5 Å². The van der Waals surface area contributed by atoms with Crippen LogP contribution in [0.1, 0.15) is 12.0 Å². The standard InChI is InChI=1S/C15H17F2NO2/c1-2-5-12-14-13(8-19-12)20-18-15(14,9-16)10-6-3-4-7-11(10)17/h2-4,6-7,12-14,18H,1,5,8-9H2/t12-,13+,14-,15+/m0/s1. The Morgan fingerprint density at radius 2 is 2.25 bits per heavy atom. The molecule has 5 heteroatoms. The highest BCUT2D eigenvalue weighted by Crippen LogP contribution is 2.46. The summed E-state index contributed by atoms with van der Waals surface area (Å²) < 4.78 is 33.7. The first kappa shape index (κ1) is 13.7. The van der Waals surface area contributed by atoms with Gasteiger partial charge in [-0.15, -0.1) is 6.58 Å². The van der Waals surface area contributed by atoms with Crippen molar-refractivity contribution in [2.45, 2.75) is 24.2 Å². The SMILES string of the molecule is C=CC[C@@H]1OC[C@H]2ON[C@](CF)(c3ccccc3F)[C@@H]12. The third kappa shape index (κ3) is 1.89. The average molecular weight is 281 g/mol. The van der Waals surface area contributed by atoms with Crippen molar-refractivity contribution in [3.05, 3.63) is 48.3 Å². The molecule has 2 heterocycles. The Labute approximate surface area is 116 Å². The molecule has 20 heavy (non-hydrogen) atoms. The minimum atomic E-state index is -1.19. The van der Waals surface area contributed by atoms with Crippen molar-refractivity contribution in [2.75, 3.05) is 13.3 Å². The van der Waals surface area contributed by atoms with Gasteiger partial charge in [-0.25, -0.2) is 8.78 Å². The highest BCUT2D eigenvalue weighted by Gasteiger charge is 2.58. The second-order valence-corrected chi connectivity index (χ2v) is 5.27. The average Bonchev–Trinajstić information content (AvgIpc) is 3.02. The third-order valence-corrected chi connectivity index (χ3v) is 4.20. The van der Waals surface area contributed by atoms with Crippen LogP contribution in [0.15, 0.2) is 36.9 Å². The van der Waals surface area contributed by atoms with Gasteiger partial charge in [-0.1, -0.05) is 24.3 Å². The molecule has 0 aliphatic carbocycles. The van der Waals surface area contributed by atoms with E-state index in [-0.39, 0.29) is 23.7 Å². The van der Waals surface area contributed by atoms with Gasteiger partial charge < -0.3 is 4.74 Å². The van der Waals surface area contributed by atoms with E-state index in [4.69, 9.17) is 9.57 Å². The van der Waals surface area contributed by atoms with E-state index in [1.54, 1.807) is 24.3 Å². The molecular formula is C15H17F2NO2. The van der Waals surface area contributed by atoms with Gasteiger partial charge in [-0.2, -0.15) is 5.48 Å². The van der Waals surface area contributed by atoms with Crippen LogP contribution in [-0.4, -0.2) is 25.5 Å². The van der Waals surface area contributed by atoms with Crippen LogP contribution in [0.2, 0.25) is 0 Å². The molecule has 3 rings (SSSR count). The zero-order chi connectivity index (χ0) is 14.2. The summed E-state index contributed by atoms with van der Waals surface area (Å²) >= 11 is 0.